The quantitative estimate of drug-likeness (QED) is 0.777. The number of hydrogen-bond donors (Lipinski definition) is 2. The van der Waals surface area contributed by atoms with E-state index in [0.29, 0.717) is 18.0 Å². The lowest BCUT2D eigenvalue weighted by atomic mass is 10.0. The Morgan fingerprint density at radius 3 is 2.82 bits per heavy atom. The first-order chi connectivity index (χ1) is 8.02. The van der Waals surface area contributed by atoms with Crippen molar-refractivity contribution in [2.75, 3.05) is 5.32 Å². The van der Waals surface area contributed by atoms with Crippen molar-refractivity contribution in [3.63, 3.8) is 0 Å². The standard InChI is InChI=1S/C14H18N2O/c1-4-11-6-5-7-12(9-11)16-14(17)13(15)8-10(2)3/h1,5-7,9-10,13H,8,15H2,2-3H3,(H,16,17)/t13-/m0/s1. The first-order valence-electron chi connectivity index (χ1n) is 5.66. The smallest absolute Gasteiger partial charge is 0.241 e. The van der Waals surface area contributed by atoms with Crippen molar-refractivity contribution in [2.24, 2.45) is 11.7 Å². The molecule has 1 atom stereocenters. The summed E-state index contributed by atoms with van der Waals surface area (Å²) >= 11 is 0. The van der Waals surface area contributed by atoms with Crippen molar-refractivity contribution in [3.05, 3.63) is 29.8 Å². The van der Waals surface area contributed by atoms with E-state index >= 15 is 0 Å². The summed E-state index contributed by atoms with van der Waals surface area (Å²) in [5, 5.41) is 2.76. The number of hydrogen-bond acceptors (Lipinski definition) is 2. The van der Waals surface area contributed by atoms with Crippen molar-refractivity contribution >= 4 is 11.6 Å². The van der Waals surface area contributed by atoms with Gasteiger partial charge in [0.05, 0.1) is 6.04 Å². The van der Waals surface area contributed by atoms with E-state index in [1.54, 1.807) is 18.2 Å². The molecule has 0 saturated heterocycles. The van der Waals surface area contributed by atoms with Gasteiger partial charge in [0.25, 0.3) is 0 Å². The van der Waals surface area contributed by atoms with E-state index in [4.69, 9.17) is 12.2 Å². The van der Waals surface area contributed by atoms with Gasteiger partial charge in [-0.1, -0.05) is 25.8 Å². The molecule has 1 aromatic rings. The molecule has 3 nitrogen and oxygen atoms in total. The molecule has 0 aliphatic rings. The zero-order valence-electron chi connectivity index (χ0n) is 10.2. The molecule has 3 N–H and O–H groups in total. The third-order valence-electron chi connectivity index (χ3n) is 2.36. The predicted octanol–water partition coefficient (Wildman–Crippen LogP) is 1.98. The van der Waals surface area contributed by atoms with Crippen LogP contribution in [0.2, 0.25) is 0 Å². The van der Waals surface area contributed by atoms with Crippen molar-refractivity contribution in [1.82, 2.24) is 0 Å². The van der Waals surface area contributed by atoms with E-state index < -0.39 is 6.04 Å². The molecular formula is C14H18N2O. The second-order valence-electron chi connectivity index (χ2n) is 4.45. The summed E-state index contributed by atoms with van der Waals surface area (Å²) in [6.45, 7) is 4.07. The van der Waals surface area contributed by atoms with Crippen LogP contribution in [0.25, 0.3) is 0 Å². The largest absolute Gasteiger partial charge is 0.325 e. The molecule has 0 aliphatic heterocycles. The molecule has 3 heteroatoms. The zero-order chi connectivity index (χ0) is 12.8. The summed E-state index contributed by atoms with van der Waals surface area (Å²) in [5.41, 5.74) is 7.21. The van der Waals surface area contributed by atoms with E-state index in [1.807, 2.05) is 19.9 Å². The molecule has 1 amide bonds. The van der Waals surface area contributed by atoms with Crippen LogP contribution in [0.3, 0.4) is 0 Å². The molecule has 0 saturated carbocycles. The van der Waals surface area contributed by atoms with Crippen LogP contribution >= 0.6 is 0 Å². The van der Waals surface area contributed by atoms with E-state index in [-0.39, 0.29) is 5.91 Å². The summed E-state index contributed by atoms with van der Waals surface area (Å²) in [6.07, 6.45) is 5.96. The maximum atomic E-state index is 11.8. The van der Waals surface area contributed by atoms with Crippen LogP contribution in [0.4, 0.5) is 5.69 Å². The number of benzene rings is 1. The number of nitrogens with two attached hydrogens (primary N) is 1. The second-order valence-corrected chi connectivity index (χ2v) is 4.45. The maximum Gasteiger partial charge on any atom is 0.241 e. The van der Waals surface area contributed by atoms with Gasteiger partial charge in [0.15, 0.2) is 0 Å². The van der Waals surface area contributed by atoms with Crippen molar-refractivity contribution in [3.8, 4) is 12.3 Å². The summed E-state index contributed by atoms with van der Waals surface area (Å²) < 4.78 is 0. The highest BCUT2D eigenvalue weighted by Gasteiger charge is 2.14. The molecule has 90 valence electrons. The Bertz CT molecular complexity index is 432. The summed E-state index contributed by atoms with van der Waals surface area (Å²) in [6, 6.07) is 6.67. The summed E-state index contributed by atoms with van der Waals surface area (Å²) in [4.78, 5) is 11.8. The van der Waals surface area contributed by atoms with Crippen molar-refractivity contribution in [2.45, 2.75) is 26.3 Å². The summed E-state index contributed by atoms with van der Waals surface area (Å²) in [7, 11) is 0. The fourth-order valence-electron chi connectivity index (χ4n) is 1.54. The van der Waals surface area contributed by atoms with Crippen LogP contribution in [0.5, 0.6) is 0 Å². The van der Waals surface area contributed by atoms with Crippen molar-refractivity contribution < 1.29 is 4.79 Å². The van der Waals surface area contributed by atoms with Crippen LogP contribution in [-0.2, 0) is 4.79 Å². The Morgan fingerprint density at radius 2 is 2.24 bits per heavy atom. The SMILES string of the molecule is C#Cc1cccc(NC(=O)[C@@H](N)CC(C)C)c1. The Balaban J connectivity index is 2.65. The fraction of sp³-hybridized carbons (Fsp3) is 0.357. The van der Waals surface area contributed by atoms with Gasteiger partial charge in [-0.3, -0.25) is 4.79 Å². The van der Waals surface area contributed by atoms with Crippen LogP contribution in [0.15, 0.2) is 24.3 Å². The first-order valence-corrected chi connectivity index (χ1v) is 5.66. The lowest BCUT2D eigenvalue weighted by Crippen LogP contribution is -2.36. The van der Waals surface area contributed by atoms with Crippen LogP contribution in [0.1, 0.15) is 25.8 Å². The number of anilines is 1. The van der Waals surface area contributed by atoms with Gasteiger partial charge in [0, 0.05) is 11.3 Å². The van der Waals surface area contributed by atoms with E-state index in [2.05, 4.69) is 11.2 Å². The van der Waals surface area contributed by atoms with Gasteiger partial charge < -0.3 is 11.1 Å². The van der Waals surface area contributed by atoms with Gasteiger partial charge in [-0.2, -0.15) is 0 Å². The third kappa shape index (κ3) is 4.29. The average Bonchev–Trinajstić information content (AvgIpc) is 2.28. The number of nitrogens with one attached hydrogen (secondary N) is 1. The Kier molecular flexibility index (Phi) is 4.74. The zero-order valence-corrected chi connectivity index (χ0v) is 10.2. The molecular weight excluding hydrogens is 212 g/mol. The van der Waals surface area contributed by atoms with Gasteiger partial charge in [-0.15, -0.1) is 6.42 Å². The minimum Gasteiger partial charge on any atom is -0.325 e. The number of rotatable bonds is 4. The van der Waals surface area contributed by atoms with Gasteiger partial charge in [-0.05, 0) is 30.5 Å². The minimum atomic E-state index is -0.482. The van der Waals surface area contributed by atoms with Gasteiger partial charge in [-0.25, -0.2) is 0 Å². The monoisotopic (exact) mass is 230 g/mol. The van der Waals surface area contributed by atoms with E-state index in [1.165, 1.54) is 0 Å². The van der Waals surface area contributed by atoms with E-state index in [9.17, 15) is 4.79 Å². The van der Waals surface area contributed by atoms with Gasteiger partial charge >= 0.3 is 0 Å². The Morgan fingerprint density at radius 1 is 1.53 bits per heavy atom. The molecule has 0 heterocycles. The lowest BCUT2D eigenvalue weighted by molar-refractivity contribution is -0.117. The number of carbonyl (C=O) groups is 1. The molecule has 0 aliphatic carbocycles. The first kappa shape index (κ1) is 13.3. The molecule has 1 aromatic carbocycles. The second kappa shape index (κ2) is 6.07. The molecule has 17 heavy (non-hydrogen) atoms. The summed E-state index contributed by atoms with van der Waals surface area (Å²) in [5.74, 6) is 2.74. The molecule has 0 fully saturated rings. The van der Waals surface area contributed by atoms with Crippen molar-refractivity contribution in [1.29, 1.82) is 0 Å². The molecule has 0 radical (unpaired) electrons. The Hall–Kier alpha value is -1.79. The maximum absolute atomic E-state index is 11.8. The fourth-order valence-corrected chi connectivity index (χ4v) is 1.54. The predicted molar refractivity (Wildman–Crippen MR) is 70.4 cm³/mol. The minimum absolute atomic E-state index is 0.173. The molecule has 0 bridgehead atoms. The van der Waals surface area contributed by atoms with Crippen LogP contribution in [0, 0.1) is 18.3 Å². The molecule has 1 rings (SSSR count). The van der Waals surface area contributed by atoms with Crippen LogP contribution < -0.4 is 11.1 Å². The highest BCUT2D eigenvalue weighted by atomic mass is 16.2. The number of amides is 1. The highest BCUT2D eigenvalue weighted by molar-refractivity contribution is 5.94. The Labute approximate surface area is 102 Å². The lowest BCUT2D eigenvalue weighted by Gasteiger charge is -2.14. The average molecular weight is 230 g/mol. The highest BCUT2D eigenvalue weighted by Crippen LogP contribution is 2.11. The number of carbonyl (C=O) groups excluding carboxylic acids is 1. The normalized spacial score (nSPS) is 11.9. The molecule has 0 unspecified atom stereocenters. The number of terminal acetylenes is 1. The van der Waals surface area contributed by atoms with Gasteiger partial charge in [0.1, 0.15) is 0 Å². The molecule has 0 spiro atoms. The van der Waals surface area contributed by atoms with Gasteiger partial charge in [0.2, 0.25) is 5.91 Å². The van der Waals surface area contributed by atoms with Crippen LogP contribution in [-0.4, -0.2) is 11.9 Å². The topological polar surface area (TPSA) is 55.1 Å². The molecule has 0 aromatic heterocycles. The third-order valence-corrected chi connectivity index (χ3v) is 2.36. The van der Waals surface area contributed by atoms with E-state index in [0.717, 1.165) is 5.56 Å².